The molecule has 4 fully saturated rings. The summed E-state index contributed by atoms with van der Waals surface area (Å²) in [6, 6.07) is 16.6. The van der Waals surface area contributed by atoms with E-state index in [1.807, 2.05) is 50.4 Å². The number of likely N-dealkylation sites (N-methyl/N-ethyl adjacent to an activating group) is 1. The van der Waals surface area contributed by atoms with Crippen LogP contribution >= 0.6 is 23.4 Å². The number of aromatic hydroxyl groups is 2. The predicted octanol–water partition coefficient (Wildman–Crippen LogP) is 8.54. The zero-order chi connectivity index (χ0) is 46.5. The minimum Gasteiger partial charge on any atom is -0.508 e. The Balaban J connectivity index is 0.811. The van der Waals surface area contributed by atoms with Crippen LogP contribution in [0.5, 0.6) is 11.5 Å². The highest BCUT2D eigenvalue weighted by molar-refractivity contribution is 7.99. The Morgan fingerprint density at radius 2 is 1.62 bits per heavy atom. The minimum atomic E-state index is -0.633. The topological polar surface area (TPSA) is 185 Å². The molecule has 1 aromatic heterocycles. The van der Waals surface area contributed by atoms with Crippen LogP contribution in [0.3, 0.4) is 0 Å². The molecule has 3 aromatic carbocycles. The van der Waals surface area contributed by atoms with Crippen LogP contribution in [0.15, 0.2) is 70.7 Å². The number of rotatable bonds is 12. The first kappa shape index (κ1) is 47.4. The van der Waals surface area contributed by atoms with E-state index >= 15 is 0 Å². The van der Waals surface area contributed by atoms with Gasteiger partial charge in [0.15, 0.2) is 11.7 Å². The molecule has 4 aromatic rings. The number of hydrogen-bond acceptors (Lipinski definition) is 13. The number of piperazine rings is 1. The number of phenolic OH excluding ortho intramolecular Hbond substituents is 2. The van der Waals surface area contributed by atoms with Gasteiger partial charge in [0, 0.05) is 75.6 Å². The number of aromatic nitrogens is 2. The van der Waals surface area contributed by atoms with Crippen molar-refractivity contribution in [2.75, 3.05) is 85.9 Å². The summed E-state index contributed by atoms with van der Waals surface area (Å²) in [4.78, 5) is 34.5. The fourth-order valence-electron chi connectivity index (χ4n) is 10.3. The highest BCUT2D eigenvalue weighted by atomic mass is 35.5. The SMILES string of the molecule is CCNC(=O)C(=N)N(C(=N)c1cc(C(C)C)c(O)cc1O)c1ccc(CN2CCC(CN3CCN(c4cccc(Sc5ncc(N6CCC7(CCCC7)CC6)nc5N)c4Cl)CC3)CC2)cc1. The maximum atomic E-state index is 12.9. The first-order chi connectivity index (χ1) is 31.8. The number of nitrogens with two attached hydrogens (primary N) is 1. The third-order valence-electron chi connectivity index (χ3n) is 14.3. The molecule has 352 valence electrons. The fraction of sp³-hybridized carbons (Fsp3) is 0.500. The summed E-state index contributed by atoms with van der Waals surface area (Å²) in [5.41, 5.74) is 10.3. The van der Waals surface area contributed by atoms with Crippen LogP contribution in [0.2, 0.25) is 5.02 Å². The molecule has 0 bridgehead atoms. The number of amidine groups is 2. The lowest BCUT2D eigenvalue weighted by atomic mass is 9.77. The van der Waals surface area contributed by atoms with Crippen LogP contribution < -0.4 is 25.8 Å². The monoisotopic (exact) mass is 935 g/mol. The number of phenols is 2. The van der Waals surface area contributed by atoms with Gasteiger partial charge in [0.25, 0.3) is 5.91 Å². The molecule has 3 aliphatic heterocycles. The molecule has 7 N–H and O–H groups in total. The second-order valence-corrected chi connectivity index (χ2v) is 20.4. The number of carbonyl (C=O) groups is 1. The maximum absolute atomic E-state index is 12.9. The van der Waals surface area contributed by atoms with E-state index in [4.69, 9.17) is 38.1 Å². The van der Waals surface area contributed by atoms with Crippen LogP contribution in [0.4, 0.5) is 23.0 Å². The molecular formula is C50H66ClN11O3S. The van der Waals surface area contributed by atoms with Gasteiger partial charge >= 0.3 is 0 Å². The van der Waals surface area contributed by atoms with Gasteiger partial charge in [-0.3, -0.25) is 30.3 Å². The van der Waals surface area contributed by atoms with Crippen molar-refractivity contribution >= 4 is 64.0 Å². The molecular weight excluding hydrogens is 870 g/mol. The number of nitrogen functional groups attached to an aromatic ring is 1. The summed E-state index contributed by atoms with van der Waals surface area (Å²) in [6.45, 7) is 15.6. The standard InChI is InChI=1S/C50H66ClN11O3S/c1-4-55-48(65)47(54)62(46(53)38-28-37(33(2)3)40(63)29-41(38)64)36-12-10-34(11-13-36)31-58-20-14-35(15-21-58)32-59-24-26-60(27-25-59)39-8-7-9-42(44(39)51)66-49-45(52)57-43(30-56-49)61-22-18-50(19-23-61)16-5-6-17-50/h7-13,28-30,33,35,53-54,63-64H,4-6,14-27,31-32H2,1-3H3,(H2,52,57)(H,55,65). The molecule has 16 heteroatoms. The normalized spacial score (nSPS) is 18.3. The van der Waals surface area contributed by atoms with Gasteiger partial charge in [0.05, 0.1) is 22.5 Å². The molecule has 1 amide bonds. The largest absolute Gasteiger partial charge is 0.508 e. The number of nitrogens with zero attached hydrogens (tertiary/aromatic N) is 7. The summed E-state index contributed by atoms with van der Waals surface area (Å²) in [6.07, 6.45) is 12.1. The number of halogens is 1. The summed E-state index contributed by atoms with van der Waals surface area (Å²) in [7, 11) is 0. The van der Waals surface area contributed by atoms with E-state index in [9.17, 15) is 15.0 Å². The number of carbonyl (C=O) groups excluding carboxylic acids is 1. The van der Waals surface area contributed by atoms with E-state index in [0.717, 1.165) is 105 Å². The Bertz CT molecular complexity index is 2370. The molecule has 0 unspecified atom stereocenters. The predicted molar refractivity (Wildman–Crippen MR) is 267 cm³/mol. The molecule has 4 aliphatic rings. The zero-order valence-corrected chi connectivity index (χ0v) is 40.2. The summed E-state index contributed by atoms with van der Waals surface area (Å²) in [5, 5.41) is 43.1. The van der Waals surface area contributed by atoms with Crippen molar-refractivity contribution in [3.63, 3.8) is 0 Å². The second kappa shape index (κ2) is 20.8. The molecule has 0 radical (unpaired) electrons. The van der Waals surface area contributed by atoms with Crippen molar-refractivity contribution in [3.8, 4) is 11.5 Å². The van der Waals surface area contributed by atoms with E-state index in [1.165, 1.54) is 61.3 Å². The number of amides is 1. The Kier molecular flexibility index (Phi) is 15.0. The van der Waals surface area contributed by atoms with Crippen molar-refractivity contribution in [3.05, 3.63) is 82.5 Å². The molecule has 1 aliphatic carbocycles. The number of hydrogen-bond donors (Lipinski definition) is 6. The summed E-state index contributed by atoms with van der Waals surface area (Å²) < 4.78 is 0. The zero-order valence-electron chi connectivity index (χ0n) is 38.7. The van der Waals surface area contributed by atoms with Crippen molar-refractivity contribution in [2.24, 2.45) is 11.3 Å². The van der Waals surface area contributed by atoms with Gasteiger partial charge < -0.3 is 31.1 Å². The van der Waals surface area contributed by atoms with E-state index < -0.39 is 11.7 Å². The lowest BCUT2D eigenvalue weighted by molar-refractivity contribution is -0.114. The van der Waals surface area contributed by atoms with Gasteiger partial charge in [-0.05, 0) is 117 Å². The Hall–Kier alpha value is -5.09. The maximum Gasteiger partial charge on any atom is 0.287 e. The highest BCUT2D eigenvalue weighted by Crippen LogP contribution is 2.47. The molecule has 3 saturated heterocycles. The molecule has 4 heterocycles. The Morgan fingerprint density at radius 3 is 2.27 bits per heavy atom. The van der Waals surface area contributed by atoms with Crippen LogP contribution in [0, 0.1) is 22.2 Å². The summed E-state index contributed by atoms with van der Waals surface area (Å²) in [5.74, 6) is 0.187. The molecule has 0 atom stereocenters. The van der Waals surface area contributed by atoms with E-state index in [2.05, 4.69) is 37.0 Å². The molecule has 8 rings (SSSR count). The summed E-state index contributed by atoms with van der Waals surface area (Å²) >= 11 is 8.59. The van der Waals surface area contributed by atoms with Crippen molar-refractivity contribution < 1.29 is 15.0 Å². The smallest absolute Gasteiger partial charge is 0.287 e. The number of likely N-dealkylation sites (tertiary alicyclic amines) is 1. The number of nitrogens with one attached hydrogen (secondary N) is 3. The number of anilines is 4. The third kappa shape index (κ3) is 10.7. The van der Waals surface area contributed by atoms with Gasteiger partial charge in [-0.25, -0.2) is 9.97 Å². The van der Waals surface area contributed by atoms with E-state index in [-0.39, 0.29) is 28.8 Å². The first-order valence-electron chi connectivity index (χ1n) is 23.8. The average molecular weight is 937 g/mol. The number of piperidine rings is 2. The highest BCUT2D eigenvalue weighted by Gasteiger charge is 2.37. The Labute approximate surface area is 398 Å². The van der Waals surface area contributed by atoms with Crippen LogP contribution in [0.1, 0.15) is 94.7 Å². The van der Waals surface area contributed by atoms with Crippen molar-refractivity contribution in [1.29, 1.82) is 10.8 Å². The molecule has 66 heavy (non-hydrogen) atoms. The van der Waals surface area contributed by atoms with Crippen LogP contribution in [-0.4, -0.2) is 113 Å². The van der Waals surface area contributed by atoms with Gasteiger partial charge in [-0.2, -0.15) is 0 Å². The number of benzene rings is 3. The first-order valence-corrected chi connectivity index (χ1v) is 24.9. The quantitative estimate of drug-likeness (QED) is 0.0589. The van der Waals surface area contributed by atoms with Gasteiger partial charge in [-0.15, -0.1) is 0 Å². The van der Waals surface area contributed by atoms with Gasteiger partial charge in [0.1, 0.15) is 28.2 Å². The third-order valence-corrected chi connectivity index (χ3v) is 15.8. The fourth-order valence-corrected chi connectivity index (χ4v) is 11.5. The van der Waals surface area contributed by atoms with E-state index in [1.54, 1.807) is 13.0 Å². The lowest BCUT2D eigenvalue weighted by Crippen LogP contribution is -2.49. The molecule has 1 saturated carbocycles. The van der Waals surface area contributed by atoms with Crippen LogP contribution in [0.25, 0.3) is 0 Å². The van der Waals surface area contributed by atoms with Gasteiger partial charge in [-0.1, -0.05) is 68.3 Å². The minimum absolute atomic E-state index is 0.0704. The van der Waals surface area contributed by atoms with Crippen molar-refractivity contribution in [1.82, 2.24) is 25.1 Å². The van der Waals surface area contributed by atoms with E-state index in [0.29, 0.717) is 40.0 Å². The van der Waals surface area contributed by atoms with Gasteiger partial charge in [0.2, 0.25) is 0 Å². The molecule has 1 spiro atoms. The van der Waals surface area contributed by atoms with Crippen molar-refractivity contribution in [2.45, 2.75) is 94.5 Å². The second-order valence-electron chi connectivity index (χ2n) is 19.0. The average Bonchev–Trinajstić information content (AvgIpc) is 3.77. The lowest BCUT2D eigenvalue weighted by Gasteiger charge is -2.40. The Morgan fingerprint density at radius 1 is 0.924 bits per heavy atom. The van der Waals surface area contributed by atoms with Crippen LogP contribution in [-0.2, 0) is 11.3 Å². The molecule has 14 nitrogen and oxygen atoms in total.